The molecule has 2 unspecified atom stereocenters. The van der Waals surface area contributed by atoms with Gasteiger partial charge in [-0.3, -0.25) is 0 Å². The van der Waals surface area contributed by atoms with Crippen LogP contribution in [0.25, 0.3) is 0 Å². The zero-order chi connectivity index (χ0) is 65.0. The highest BCUT2D eigenvalue weighted by Crippen LogP contribution is 2.67. The maximum atomic E-state index is 15.7. The first-order chi connectivity index (χ1) is 36.6. The number of rotatable bonds is 43. The van der Waals surface area contributed by atoms with Crippen LogP contribution in [0, 0.1) is 11.8 Å². The molecule has 0 N–H and O–H groups in total. The minimum Gasteiger partial charge on any atom is -0.200 e. The van der Waals surface area contributed by atoms with Gasteiger partial charge < -0.3 is 0 Å². The number of unbranched alkanes of at least 4 members (excludes halogenated alkanes) is 22. The average molecular weight is 1290 g/mol. The van der Waals surface area contributed by atoms with Gasteiger partial charge in [-0.2, -0.15) is 149 Å². The Hall–Kier alpha value is -2.38. The molecule has 0 aromatic heterocycles. The standard InChI is InChI=1S/C48H64F34/c1-3-5-7-9-11-13-15-17-19-21-23-25-27-31(29-33(49,50)35(53,54)37(57,58)39(61,62)41(65,66)43(69,70)45(73,74)47(77,78)79)32(28-26-24-22-20-18-16-14-12-10-8-6-4-2)30-34(51,52)36(55,56)38(59,60)40(63,64)42(67,68)44(71,72)46(75,76)48(80,81)82/h31-32H,3-30H2,1-2H3. The fraction of sp³-hybridized carbons (Fsp3) is 1.00. The molecule has 0 aliphatic rings. The van der Waals surface area contributed by atoms with E-state index in [0.717, 1.165) is 51.4 Å². The molecule has 0 fully saturated rings. The van der Waals surface area contributed by atoms with Crippen molar-refractivity contribution >= 4 is 0 Å². The van der Waals surface area contributed by atoms with Crippen LogP contribution in [0.5, 0.6) is 0 Å². The Bertz CT molecular complexity index is 1700. The van der Waals surface area contributed by atoms with Crippen LogP contribution >= 0.6 is 0 Å². The second kappa shape index (κ2) is 29.1. The predicted molar refractivity (Wildman–Crippen MR) is 229 cm³/mol. The van der Waals surface area contributed by atoms with Crippen molar-refractivity contribution in [2.75, 3.05) is 0 Å². The summed E-state index contributed by atoms with van der Waals surface area (Å²) in [4.78, 5) is 0. The summed E-state index contributed by atoms with van der Waals surface area (Å²) in [6.45, 7) is 3.82. The predicted octanol–water partition coefficient (Wildman–Crippen LogP) is 23.2. The number of hydrogen-bond donors (Lipinski definition) is 0. The van der Waals surface area contributed by atoms with E-state index in [1.165, 1.54) is 0 Å². The molecule has 34 heteroatoms. The van der Waals surface area contributed by atoms with Gasteiger partial charge in [0, 0.05) is 12.8 Å². The van der Waals surface area contributed by atoms with Crippen LogP contribution in [0.3, 0.4) is 0 Å². The van der Waals surface area contributed by atoms with Gasteiger partial charge in [-0.05, 0) is 24.7 Å². The zero-order valence-electron chi connectivity index (χ0n) is 43.8. The van der Waals surface area contributed by atoms with Gasteiger partial charge in [-0.15, -0.1) is 0 Å². The molecule has 0 spiro atoms. The summed E-state index contributed by atoms with van der Waals surface area (Å²) in [5, 5.41) is 0. The lowest BCUT2D eigenvalue weighted by molar-refractivity contribution is -0.462. The smallest absolute Gasteiger partial charge is 0.200 e. The van der Waals surface area contributed by atoms with E-state index in [2.05, 4.69) is 0 Å². The normalized spacial score (nSPS) is 16.1. The summed E-state index contributed by atoms with van der Waals surface area (Å²) in [5.41, 5.74) is 0. The molecule has 0 nitrogen and oxygen atoms in total. The Morgan fingerprint density at radius 1 is 0.183 bits per heavy atom. The fourth-order valence-electron chi connectivity index (χ4n) is 8.81. The zero-order valence-corrected chi connectivity index (χ0v) is 43.8. The molecule has 0 heterocycles. The molecule has 0 rings (SSSR count). The van der Waals surface area contributed by atoms with Crippen LogP contribution in [0.2, 0.25) is 0 Å². The van der Waals surface area contributed by atoms with Gasteiger partial charge in [0.05, 0.1) is 0 Å². The Morgan fingerprint density at radius 3 is 0.500 bits per heavy atom. The van der Waals surface area contributed by atoms with Gasteiger partial charge in [-0.1, -0.05) is 168 Å². The summed E-state index contributed by atoms with van der Waals surface area (Å²) in [6, 6.07) is 0. The van der Waals surface area contributed by atoms with Gasteiger partial charge in [0.1, 0.15) is 0 Å². The van der Waals surface area contributed by atoms with Crippen molar-refractivity contribution in [2.45, 2.75) is 289 Å². The molecular weight excluding hydrogens is 1220 g/mol. The maximum Gasteiger partial charge on any atom is 0.460 e. The Balaban J connectivity index is 7.85. The second-order valence-corrected chi connectivity index (χ2v) is 20.6. The molecule has 0 bridgehead atoms. The Labute approximate surface area is 450 Å². The van der Waals surface area contributed by atoms with Crippen LogP contribution in [0.1, 0.15) is 194 Å². The molecule has 0 saturated carbocycles. The summed E-state index contributed by atoms with van der Waals surface area (Å²) >= 11 is 0. The summed E-state index contributed by atoms with van der Waals surface area (Å²) in [7, 11) is 0. The van der Waals surface area contributed by atoms with Crippen molar-refractivity contribution in [1.29, 1.82) is 0 Å². The van der Waals surface area contributed by atoms with Crippen molar-refractivity contribution in [3.8, 4) is 0 Å². The third-order valence-electron chi connectivity index (χ3n) is 14.1. The molecule has 494 valence electrons. The van der Waals surface area contributed by atoms with Gasteiger partial charge in [0.25, 0.3) is 0 Å². The Morgan fingerprint density at radius 2 is 0.329 bits per heavy atom. The van der Waals surface area contributed by atoms with Crippen molar-refractivity contribution in [3.63, 3.8) is 0 Å². The third kappa shape index (κ3) is 16.6. The van der Waals surface area contributed by atoms with Crippen molar-refractivity contribution in [2.24, 2.45) is 11.8 Å². The number of alkyl halides is 34. The van der Waals surface area contributed by atoms with E-state index in [1.807, 2.05) is 13.8 Å². The molecule has 0 saturated heterocycles. The average Bonchev–Trinajstić information content (AvgIpc) is 3.32. The lowest BCUT2D eigenvalue weighted by atomic mass is 9.74. The van der Waals surface area contributed by atoms with Gasteiger partial charge in [0.15, 0.2) is 0 Å². The van der Waals surface area contributed by atoms with Gasteiger partial charge >= 0.3 is 95.3 Å². The van der Waals surface area contributed by atoms with E-state index < -0.39 is 158 Å². The summed E-state index contributed by atoms with van der Waals surface area (Å²) < 4.78 is 485. The van der Waals surface area contributed by atoms with Gasteiger partial charge in [-0.25, -0.2) is 0 Å². The number of halogens is 34. The monoisotopic (exact) mass is 1290 g/mol. The lowest BCUT2D eigenvalue weighted by Gasteiger charge is -2.44. The largest absolute Gasteiger partial charge is 0.460 e. The minimum absolute atomic E-state index is 0.121. The first kappa shape index (κ1) is 79.6. The SMILES string of the molecule is CCCCCCCCCCCCCCC(CC(F)(F)C(F)(F)C(F)(F)C(F)(F)C(F)(F)C(F)(F)C(F)(F)C(F)(F)F)C(CCCCCCCCCCCCCC)CC(F)(F)C(F)(F)C(F)(F)C(F)(F)C(F)(F)C(F)(F)C(F)(F)C(F)(F)F. The van der Waals surface area contributed by atoms with E-state index in [0.29, 0.717) is 51.4 Å². The first-order valence-electron chi connectivity index (χ1n) is 26.0. The highest BCUT2D eigenvalue weighted by Gasteiger charge is 2.97. The van der Waals surface area contributed by atoms with Crippen molar-refractivity contribution in [1.82, 2.24) is 0 Å². The third-order valence-corrected chi connectivity index (χ3v) is 14.1. The molecular formula is C48H64F34. The lowest BCUT2D eigenvalue weighted by Crippen LogP contribution is -2.74. The molecule has 0 amide bonds. The van der Waals surface area contributed by atoms with Crippen LogP contribution in [-0.2, 0) is 0 Å². The van der Waals surface area contributed by atoms with Crippen LogP contribution in [0.15, 0.2) is 0 Å². The minimum atomic E-state index is -9.20. The van der Waals surface area contributed by atoms with Crippen LogP contribution < -0.4 is 0 Å². The fourth-order valence-corrected chi connectivity index (χ4v) is 8.81. The molecule has 0 radical (unpaired) electrons. The quantitative estimate of drug-likeness (QED) is 0.0422. The van der Waals surface area contributed by atoms with E-state index in [9.17, 15) is 114 Å². The van der Waals surface area contributed by atoms with Gasteiger partial charge in [0.2, 0.25) is 0 Å². The van der Waals surface area contributed by atoms with Crippen LogP contribution in [0.4, 0.5) is 149 Å². The van der Waals surface area contributed by atoms with Crippen molar-refractivity contribution < 1.29 is 149 Å². The molecule has 82 heavy (non-hydrogen) atoms. The molecule has 0 aromatic carbocycles. The van der Waals surface area contributed by atoms with E-state index in [-0.39, 0.29) is 25.7 Å². The van der Waals surface area contributed by atoms with E-state index in [4.69, 9.17) is 0 Å². The second-order valence-electron chi connectivity index (χ2n) is 20.6. The summed E-state index contributed by atoms with van der Waals surface area (Å²) in [5.74, 6) is -129. The maximum absolute atomic E-state index is 15.7. The Kier molecular flexibility index (Phi) is 28.2. The molecule has 0 aliphatic heterocycles. The summed E-state index contributed by atoms with van der Waals surface area (Å²) in [6.07, 6.45) is -18.9. The highest BCUT2D eigenvalue weighted by molar-refractivity contribution is 5.17. The molecule has 0 aromatic rings. The molecule has 2 atom stereocenters. The highest BCUT2D eigenvalue weighted by atomic mass is 19.4. The van der Waals surface area contributed by atoms with Crippen LogP contribution in [-0.4, -0.2) is 95.3 Å². The number of hydrogen-bond acceptors (Lipinski definition) is 0. The van der Waals surface area contributed by atoms with Crippen molar-refractivity contribution in [3.05, 3.63) is 0 Å². The topological polar surface area (TPSA) is 0 Å². The first-order valence-corrected chi connectivity index (χ1v) is 26.0. The van der Waals surface area contributed by atoms with E-state index >= 15 is 35.1 Å². The van der Waals surface area contributed by atoms with E-state index in [1.54, 1.807) is 0 Å². The molecule has 0 aliphatic carbocycles.